The Balaban J connectivity index is 1.46. The number of amides is 3. The van der Waals surface area contributed by atoms with Crippen LogP contribution in [0.3, 0.4) is 0 Å². The Morgan fingerprint density at radius 1 is 1.13 bits per heavy atom. The van der Waals surface area contributed by atoms with Gasteiger partial charge in [0.1, 0.15) is 23.9 Å². The number of anilines is 1. The second-order valence-electron chi connectivity index (χ2n) is 6.51. The third-order valence-corrected chi connectivity index (χ3v) is 5.57. The molecule has 0 spiro atoms. The molecule has 31 heavy (non-hydrogen) atoms. The average molecular weight is 457 g/mol. The molecule has 1 aliphatic heterocycles. The van der Waals surface area contributed by atoms with Gasteiger partial charge in [-0.15, -0.1) is 0 Å². The van der Waals surface area contributed by atoms with Crippen molar-refractivity contribution in [3.05, 3.63) is 82.2 Å². The molecule has 1 fully saturated rings. The van der Waals surface area contributed by atoms with Crippen LogP contribution in [0.2, 0.25) is 5.02 Å². The number of hydrogen-bond acceptors (Lipinski definition) is 5. The van der Waals surface area contributed by atoms with Gasteiger partial charge in [0.15, 0.2) is 0 Å². The predicted molar refractivity (Wildman–Crippen MR) is 117 cm³/mol. The Morgan fingerprint density at radius 2 is 1.94 bits per heavy atom. The molecule has 2 heterocycles. The number of halogens is 2. The zero-order valence-electron chi connectivity index (χ0n) is 15.8. The summed E-state index contributed by atoms with van der Waals surface area (Å²) in [5, 5.41) is 2.35. The molecule has 0 saturated carbocycles. The lowest BCUT2D eigenvalue weighted by molar-refractivity contribution is -0.127. The van der Waals surface area contributed by atoms with E-state index in [1.807, 2.05) is 0 Å². The van der Waals surface area contributed by atoms with Gasteiger partial charge in [-0.3, -0.25) is 19.3 Å². The van der Waals surface area contributed by atoms with Crippen LogP contribution in [0.1, 0.15) is 5.76 Å². The summed E-state index contributed by atoms with van der Waals surface area (Å²) in [6.07, 6.45) is 1.42. The van der Waals surface area contributed by atoms with E-state index in [9.17, 15) is 18.8 Å². The molecule has 0 aliphatic carbocycles. The first kappa shape index (κ1) is 20.9. The van der Waals surface area contributed by atoms with Crippen LogP contribution in [-0.2, 0) is 9.59 Å². The number of carbonyl (C=O) groups excluding carboxylic acids is 3. The number of thioether (sulfide) groups is 1. The van der Waals surface area contributed by atoms with E-state index in [-0.39, 0.29) is 4.91 Å². The monoisotopic (exact) mass is 456 g/mol. The first-order valence-corrected chi connectivity index (χ1v) is 10.3. The van der Waals surface area contributed by atoms with Crippen molar-refractivity contribution >= 4 is 52.2 Å². The molecule has 1 saturated heterocycles. The van der Waals surface area contributed by atoms with E-state index in [0.717, 1.165) is 4.90 Å². The maximum absolute atomic E-state index is 13.4. The summed E-state index contributed by atoms with van der Waals surface area (Å²) in [5.41, 5.74) is 0.932. The molecule has 0 unspecified atom stereocenters. The van der Waals surface area contributed by atoms with E-state index in [1.165, 1.54) is 18.2 Å². The van der Waals surface area contributed by atoms with Crippen LogP contribution >= 0.6 is 23.4 Å². The Bertz CT molecular complexity index is 1220. The lowest BCUT2D eigenvalue weighted by Crippen LogP contribution is -2.36. The molecule has 156 valence electrons. The van der Waals surface area contributed by atoms with Crippen LogP contribution in [0.15, 0.2) is 70.0 Å². The fourth-order valence-electron chi connectivity index (χ4n) is 2.89. The largest absolute Gasteiger partial charge is 0.457 e. The van der Waals surface area contributed by atoms with Gasteiger partial charge in [-0.2, -0.15) is 0 Å². The van der Waals surface area contributed by atoms with Crippen molar-refractivity contribution in [3.8, 4) is 11.3 Å². The second-order valence-corrected chi connectivity index (χ2v) is 7.91. The Hall–Kier alpha value is -3.36. The molecule has 1 aromatic heterocycles. The molecule has 1 N–H and O–H groups in total. The van der Waals surface area contributed by atoms with Gasteiger partial charge >= 0.3 is 0 Å². The summed E-state index contributed by atoms with van der Waals surface area (Å²) >= 11 is 6.71. The molecular formula is C22H14ClFN2O4S. The number of furan rings is 1. The van der Waals surface area contributed by atoms with Crippen molar-refractivity contribution in [3.63, 3.8) is 0 Å². The fourth-order valence-corrected chi connectivity index (χ4v) is 3.89. The van der Waals surface area contributed by atoms with E-state index in [0.29, 0.717) is 39.6 Å². The summed E-state index contributed by atoms with van der Waals surface area (Å²) in [6, 6.07) is 15.8. The van der Waals surface area contributed by atoms with E-state index >= 15 is 0 Å². The van der Waals surface area contributed by atoms with Crippen molar-refractivity contribution in [2.24, 2.45) is 0 Å². The van der Waals surface area contributed by atoms with E-state index < -0.39 is 29.4 Å². The minimum absolute atomic E-state index is 0.121. The van der Waals surface area contributed by atoms with Crippen molar-refractivity contribution in [2.45, 2.75) is 0 Å². The highest BCUT2D eigenvalue weighted by Gasteiger charge is 2.36. The fraction of sp³-hybridized carbons (Fsp3) is 0.0455. The summed E-state index contributed by atoms with van der Waals surface area (Å²) in [5.74, 6) is -0.808. The number of hydrogen-bond donors (Lipinski definition) is 1. The molecule has 3 amide bonds. The normalized spacial score (nSPS) is 15.0. The summed E-state index contributed by atoms with van der Waals surface area (Å²) < 4.78 is 19.1. The molecular weight excluding hydrogens is 443 g/mol. The first-order valence-electron chi connectivity index (χ1n) is 9.06. The highest BCUT2D eigenvalue weighted by Crippen LogP contribution is 2.33. The van der Waals surface area contributed by atoms with Gasteiger partial charge in [-0.1, -0.05) is 35.9 Å². The molecule has 0 bridgehead atoms. The van der Waals surface area contributed by atoms with Crippen molar-refractivity contribution < 1.29 is 23.2 Å². The Kier molecular flexibility index (Phi) is 5.92. The van der Waals surface area contributed by atoms with Gasteiger partial charge in [0.2, 0.25) is 5.91 Å². The summed E-state index contributed by atoms with van der Waals surface area (Å²) in [6.45, 7) is -0.445. The van der Waals surface area contributed by atoms with Gasteiger partial charge in [-0.25, -0.2) is 4.39 Å². The van der Waals surface area contributed by atoms with Gasteiger partial charge in [0.05, 0.1) is 15.6 Å². The molecule has 1 aliphatic rings. The minimum Gasteiger partial charge on any atom is -0.457 e. The number of nitrogens with one attached hydrogen (secondary N) is 1. The van der Waals surface area contributed by atoms with Crippen LogP contribution in [0.4, 0.5) is 14.9 Å². The van der Waals surface area contributed by atoms with Crippen molar-refractivity contribution in [2.75, 3.05) is 11.9 Å². The SMILES string of the molecule is O=C(CN1C(=O)S/C(=C/c2ccc(-c3cccc(F)c3)o2)C1=O)Nc1ccccc1Cl. The Labute approximate surface area is 185 Å². The van der Waals surface area contributed by atoms with Crippen LogP contribution in [-0.4, -0.2) is 28.5 Å². The van der Waals surface area contributed by atoms with Crippen LogP contribution < -0.4 is 5.32 Å². The minimum atomic E-state index is -0.604. The van der Waals surface area contributed by atoms with E-state index in [4.69, 9.17) is 16.0 Å². The molecule has 3 aromatic rings. The zero-order valence-corrected chi connectivity index (χ0v) is 17.4. The van der Waals surface area contributed by atoms with Gasteiger partial charge in [0.25, 0.3) is 11.1 Å². The lowest BCUT2D eigenvalue weighted by atomic mass is 10.2. The van der Waals surface area contributed by atoms with E-state index in [1.54, 1.807) is 48.5 Å². The quantitative estimate of drug-likeness (QED) is 0.519. The third kappa shape index (κ3) is 4.70. The number of carbonyl (C=O) groups is 3. The van der Waals surface area contributed by atoms with Crippen LogP contribution in [0.5, 0.6) is 0 Å². The van der Waals surface area contributed by atoms with Crippen LogP contribution in [0.25, 0.3) is 17.4 Å². The van der Waals surface area contributed by atoms with Crippen molar-refractivity contribution in [1.82, 2.24) is 4.90 Å². The molecule has 0 atom stereocenters. The summed E-state index contributed by atoms with van der Waals surface area (Å²) in [7, 11) is 0. The van der Waals surface area contributed by atoms with Gasteiger partial charge < -0.3 is 9.73 Å². The summed E-state index contributed by atoms with van der Waals surface area (Å²) in [4.78, 5) is 38.1. The Morgan fingerprint density at radius 3 is 2.71 bits per heavy atom. The number of benzene rings is 2. The predicted octanol–water partition coefficient (Wildman–Crippen LogP) is 5.41. The zero-order chi connectivity index (χ0) is 22.0. The molecule has 0 radical (unpaired) electrons. The van der Waals surface area contributed by atoms with E-state index in [2.05, 4.69) is 5.32 Å². The highest BCUT2D eigenvalue weighted by molar-refractivity contribution is 8.18. The molecule has 6 nitrogen and oxygen atoms in total. The number of para-hydroxylation sites is 1. The van der Waals surface area contributed by atoms with Crippen LogP contribution in [0, 0.1) is 5.82 Å². The standard InChI is InChI=1S/C22H14ClFN2O4S/c23-16-6-1-2-7-17(16)25-20(27)12-26-21(28)19(31-22(26)29)11-15-8-9-18(30-15)13-4-3-5-14(24)10-13/h1-11H,12H2,(H,25,27)/b19-11+. The lowest BCUT2D eigenvalue weighted by Gasteiger charge is -2.13. The second kappa shape index (κ2) is 8.79. The topological polar surface area (TPSA) is 79.6 Å². The molecule has 4 rings (SSSR count). The highest BCUT2D eigenvalue weighted by atomic mass is 35.5. The number of imide groups is 1. The molecule has 9 heteroatoms. The molecule has 2 aromatic carbocycles. The maximum atomic E-state index is 13.4. The van der Waals surface area contributed by atoms with Crippen molar-refractivity contribution in [1.29, 1.82) is 0 Å². The van der Waals surface area contributed by atoms with Gasteiger partial charge in [0, 0.05) is 11.6 Å². The average Bonchev–Trinajstić information content (AvgIpc) is 3.30. The first-order chi connectivity index (χ1) is 14.9. The number of rotatable bonds is 5. The van der Waals surface area contributed by atoms with Gasteiger partial charge in [-0.05, 0) is 48.2 Å². The number of nitrogens with zero attached hydrogens (tertiary/aromatic N) is 1. The maximum Gasteiger partial charge on any atom is 0.294 e. The third-order valence-electron chi connectivity index (χ3n) is 4.33. The smallest absolute Gasteiger partial charge is 0.294 e.